The predicted molar refractivity (Wildman–Crippen MR) is 85.2 cm³/mol. The highest BCUT2D eigenvalue weighted by molar-refractivity contribution is 7.91. The normalized spacial score (nSPS) is 25.1. The molecule has 1 aliphatic heterocycles. The monoisotopic (exact) mass is 332 g/mol. The second kappa shape index (κ2) is 6.34. The minimum atomic E-state index is -3.41. The second-order valence-electron chi connectivity index (χ2n) is 6.23. The van der Waals surface area contributed by atoms with Crippen molar-refractivity contribution in [3.05, 3.63) is 17.5 Å². The van der Waals surface area contributed by atoms with Gasteiger partial charge in [0.1, 0.15) is 4.21 Å². The molecule has 2 heterocycles. The van der Waals surface area contributed by atoms with Gasteiger partial charge in [-0.2, -0.15) is 0 Å². The van der Waals surface area contributed by atoms with Gasteiger partial charge in [0.15, 0.2) is 0 Å². The fourth-order valence-corrected chi connectivity index (χ4v) is 4.78. The quantitative estimate of drug-likeness (QED) is 0.895. The highest BCUT2D eigenvalue weighted by atomic mass is 32.2. The molecule has 1 aromatic rings. The van der Waals surface area contributed by atoms with Crippen LogP contribution in [0.5, 0.6) is 0 Å². The maximum atomic E-state index is 12.2. The zero-order valence-electron chi connectivity index (χ0n) is 13.0. The van der Waals surface area contributed by atoms with E-state index in [1.54, 1.807) is 17.5 Å². The van der Waals surface area contributed by atoms with Gasteiger partial charge < -0.3 is 4.74 Å². The number of rotatable bonds is 5. The summed E-state index contributed by atoms with van der Waals surface area (Å²) in [6.45, 7) is 10.2. The topological polar surface area (TPSA) is 58.6 Å². The minimum Gasteiger partial charge on any atom is -0.373 e. The molecule has 1 aliphatic rings. The first-order valence-electron chi connectivity index (χ1n) is 7.14. The highest BCUT2D eigenvalue weighted by Crippen LogP contribution is 2.22. The molecule has 0 aromatic carbocycles. The summed E-state index contributed by atoms with van der Waals surface area (Å²) in [7, 11) is -3.41. The standard InChI is InChI=1S/C14H24N2O3S2/c1-11-8-16(9-12(2)19-11)14(3,4)10-15-21(17,18)13-6-5-7-20-13/h5-7,11-12,15H,8-10H2,1-4H3. The maximum absolute atomic E-state index is 12.2. The van der Waals surface area contributed by atoms with E-state index in [0.717, 1.165) is 13.1 Å². The summed E-state index contributed by atoms with van der Waals surface area (Å²) in [5.41, 5.74) is -0.253. The molecule has 0 spiro atoms. The number of hydrogen-bond acceptors (Lipinski definition) is 5. The summed E-state index contributed by atoms with van der Waals surface area (Å²) in [6, 6.07) is 3.37. The Bertz CT molecular complexity index is 545. The zero-order valence-corrected chi connectivity index (χ0v) is 14.6. The van der Waals surface area contributed by atoms with Crippen LogP contribution in [0.3, 0.4) is 0 Å². The molecule has 0 amide bonds. The SMILES string of the molecule is CC1CN(C(C)(C)CNS(=O)(=O)c2cccs2)CC(C)O1. The molecule has 0 aliphatic carbocycles. The van der Waals surface area contributed by atoms with Crippen LogP contribution in [-0.2, 0) is 14.8 Å². The third-order valence-electron chi connectivity index (χ3n) is 3.73. The lowest BCUT2D eigenvalue weighted by atomic mass is 10.0. The second-order valence-corrected chi connectivity index (χ2v) is 9.17. The van der Waals surface area contributed by atoms with E-state index >= 15 is 0 Å². The van der Waals surface area contributed by atoms with Gasteiger partial charge in [-0.25, -0.2) is 13.1 Å². The number of morpholine rings is 1. The summed E-state index contributed by atoms with van der Waals surface area (Å²) in [5.74, 6) is 0. The molecular formula is C14H24N2O3S2. The molecule has 1 fully saturated rings. The highest BCUT2D eigenvalue weighted by Gasteiger charge is 2.34. The number of hydrogen-bond donors (Lipinski definition) is 1. The van der Waals surface area contributed by atoms with Gasteiger partial charge in [-0.1, -0.05) is 6.07 Å². The van der Waals surface area contributed by atoms with Crippen LogP contribution in [0.1, 0.15) is 27.7 Å². The maximum Gasteiger partial charge on any atom is 0.250 e. The van der Waals surface area contributed by atoms with Crippen molar-refractivity contribution in [1.82, 2.24) is 9.62 Å². The lowest BCUT2D eigenvalue weighted by Crippen LogP contribution is -2.58. The Morgan fingerprint density at radius 3 is 2.52 bits per heavy atom. The van der Waals surface area contributed by atoms with Crippen LogP contribution in [0.2, 0.25) is 0 Å². The number of ether oxygens (including phenoxy) is 1. The van der Waals surface area contributed by atoms with Gasteiger partial charge >= 0.3 is 0 Å². The van der Waals surface area contributed by atoms with E-state index in [9.17, 15) is 8.42 Å². The van der Waals surface area contributed by atoms with Crippen LogP contribution >= 0.6 is 11.3 Å². The summed E-state index contributed by atoms with van der Waals surface area (Å²) >= 11 is 1.23. The molecule has 0 radical (unpaired) electrons. The van der Waals surface area contributed by atoms with E-state index < -0.39 is 10.0 Å². The van der Waals surface area contributed by atoms with Crippen molar-refractivity contribution < 1.29 is 13.2 Å². The average Bonchev–Trinajstić information content (AvgIpc) is 2.90. The Labute approximate surface area is 131 Å². The Kier molecular flexibility index (Phi) is 5.10. The third kappa shape index (κ3) is 4.26. The first-order chi connectivity index (χ1) is 9.71. The number of nitrogens with zero attached hydrogens (tertiary/aromatic N) is 1. The molecule has 120 valence electrons. The summed E-state index contributed by atoms with van der Waals surface area (Å²) in [6.07, 6.45) is 0.337. The largest absolute Gasteiger partial charge is 0.373 e. The fourth-order valence-electron chi connectivity index (χ4n) is 2.54. The van der Waals surface area contributed by atoms with Crippen LogP contribution < -0.4 is 4.72 Å². The molecule has 7 heteroatoms. The molecule has 0 saturated carbocycles. The van der Waals surface area contributed by atoms with Crippen LogP contribution in [-0.4, -0.2) is 50.7 Å². The molecule has 1 N–H and O–H groups in total. The van der Waals surface area contributed by atoms with Gasteiger partial charge in [-0.3, -0.25) is 4.90 Å². The lowest BCUT2D eigenvalue weighted by molar-refractivity contribution is -0.0945. The van der Waals surface area contributed by atoms with Crippen molar-refractivity contribution in [2.45, 2.75) is 49.7 Å². The van der Waals surface area contributed by atoms with E-state index in [0.29, 0.717) is 10.8 Å². The van der Waals surface area contributed by atoms with Crippen molar-refractivity contribution in [2.24, 2.45) is 0 Å². The van der Waals surface area contributed by atoms with Gasteiger partial charge in [0.2, 0.25) is 10.0 Å². The number of sulfonamides is 1. The molecule has 0 bridgehead atoms. The summed E-state index contributed by atoms with van der Waals surface area (Å²) in [5, 5.41) is 1.77. The Morgan fingerprint density at radius 1 is 1.38 bits per heavy atom. The van der Waals surface area contributed by atoms with Gasteiger partial charge in [0.25, 0.3) is 0 Å². The molecule has 2 rings (SSSR count). The van der Waals surface area contributed by atoms with Crippen molar-refractivity contribution in [3.8, 4) is 0 Å². The van der Waals surface area contributed by atoms with Gasteiger partial charge in [-0.05, 0) is 39.1 Å². The predicted octanol–water partition coefficient (Wildman–Crippen LogP) is 1.91. The third-order valence-corrected chi connectivity index (χ3v) is 6.53. The first-order valence-corrected chi connectivity index (χ1v) is 9.51. The zero-order chi connectivity index (χ0) is 15.7. The van der Waals surface area contributed by atoms with Gasteiger partial charge in [0.05, 0.1) is 12.2 Å². The molecule has 5 nitrogen and oxygen atoms in total. The number of thiophene rings is 1. The lowest BCUT2D eigenvalue weighted by Gasteiger charge is -2.45. The molecule has 2 unspecified atom stereocenters. The Hall–Kier alpha value is -0.470. The smallest absolute Gasteiger partial charge is 0.250 e. The molecular weight excluding hydrogens is 308 g/mol. The average molecular weight is 332 g/mol. The molecule has 1 aromatic heterocycles. The van der Waals surface area contributed by atoms with E-state index in [4.69, 9.17) is 4.74 Å². The van der Waals surface area contributed by atoms with Crippen molar-refractivity contribution in [3.63, 3.8) is 0 Å². The van der Waals surface area contributed by atoms with Gasteiger partial charge in [-0.15, -0.1) is 11.3 Å². The van der Waals surface area contributed by atoms with Crippen molar-refractivity contribution >= 4 is 21.4 Å². The number of nitrogens with one attached hydrogen (secondary N) is 1. The fraction of sp³-hybridized carbons (Fsp3) is 0.714. The van der Waals surface area contributed by atoms with Crippen LogP contribution in [0.4, 0.5) is 0 Å². The molecule has 2 atom stereocenters. The summed E-state index contributed by atoms with van der Waals surface area (Å²) < 4.78 is 33.2. The van der Waals surface area contributed by atoms with Crippen LogP contribution in [0.15, 0.2) is 21.7 Å². The van der Waals surface area contributed by atoms with E-state index in [1.165, 1.54) is 11.3 Å². The van der Waals surface area contributed by atoms with Crippen molar-refractivity contribution in [2.75, 3.05) is 19.6 Å². The van der Waals surface area contributed by atoms with Crippen LogP contribution in [0, 0.1) is 0 Å². The minimum absolute atomic E-state index is 0.168. The molecule has 21 heavy (non-hydrogen) atoms. The van der Waals surface area contributed by atoms with Crippen molar-refractivity contribution in [1.29, 1.82) is 0 Å². The first kappa shape index (κ1) is 16.9. The van der Waals surface area contributed by atoms with E-state index in [-0.39, 0.29) is 17.7 Å². The van der Waals surface area contributed by atoms with E-state index in [2.05, 4.69) is 37.3 Å². The summed E-state index contributed by atoms with van der Waals surface area (Å²) in [4.78, 5) is 2.29. The van der Waals surface area contributed by atoms with E-state index in [1.807, 2.05) is 0 Å². The Balaban J connectivity index is 2.01. The van der Waals surface area contributed by atoms with Crippen LogP contribution in [0.25, 0.3) is 0 Å². The van der Waals surface area contributed by atoms with Gasteiger partial charge in [0, 0.05) is 25.2 Å². The Morgan fingerprint density at radius 2 is 2.00 bits per heavy atom. The molecule has 1 saturated heterocycles.